The first kappa shape index (κ1) is 22.1. The molecule has 8 heteroatoms. The molecule has 0 saturated carbocycles. The number of hydrogen-bond donors (Lipinski definition) is 0. The Bertz CT molecular complexity index is 1660. The van der Waals surface area contributed by atoms with E-state index in [0.717, 1.165) is 0 Å². The zero-order chi connectivity index (χ0) is 23.8. The summed E-state index contributed by atoms with van der Waals surface area (Å²) in [4.78, 5) is 4.40. The summed E-state index contributed by atoms with van der Waals surface area (Å²) in [5, 5.41) is 0. The molecule has 0 bridgehead atoms. The van der Waals surface area contributed by atoms with Crippen molar-refractivity contribution in [3.8, 4) is 0 Å². The van der Waals surface area contributed by atoms with Crippen molar-refractivity contribution in [2.75, 3.05) is 0 Å². The number of nitrogens with zero attached hydrogens (tertiary/aromatic N) is 1. The maximum atomic E-state index is 13.6. The highest BCUT2D eigenvalue weighted by atomic mass is 32.2. The van der Waals surface area contributed by atoms with Gasteiger partial charge in [0.25, 0.3) is 0 Å². The summed E-state index contributed by atoms with van der Waals surface area (Å²) >= 11 is 0. The summed E-state index contributed by atoms with van der Waals surface area (Å²) in [5.74, 6) is 0.337. The van der Waals surface area contributed by atoms with E-state index in [9.17, 15) is 16.8 Å². The van der Waals surface area contributed by atoms with Gasteiger partial charge in [-0.05, 0) is 54.1 Å². The van der Waals surface area contributed by atoms with E-state index in [1.54, 1.807) is 48.5 Å². The molecule has 0 spiro atoms. The molecule has 6 nitrogen and oxygen atoms in total. The van der Waals surface area contributed by atoms with E-state index in [0.29, 0.717) is 22.6 Å². The second-order valence-electron chi connectivity index (χ2n) is 7.65. The second kappa shape index (κ2) is 8.55. The molecule has 1 aromatic heterocycles. The third-order valence-corrected chi connectivity index (χ3v) is 9.04. The van der Waals surface area contributed by atoms with Crippen LogP contribution in [0.25, 0.3) is 11.1 Å². The molecule has 1 heterocycles. The Balaban J connectivity index is 1.67. The van der Waals surface area contributed by atoms with Gasteiger partial charge in [0.05, 0.1) is 26.0 Å². The first-order chi connectivity index (χ1) is 16.4. The van der Waals surface area contributed by atoms with E-state index in [1.165, 1.54) is 42.5 Å². The van der Waals surface area contributed by atoms with Crippen LogP contribution >= 0.6 is 0 Å². The first-order valence-electron chi connectivity index (χ1n) is 10.4. The number of rotatable bonds is 6. The standard InChI is InChI=1S/C26H19NO5S2/c28-33(29,20-9-3-1-4-10-20)22-16-15-19(17-26-27-23-13-7-8-14-24(23)32-26)25(18-22)34(30,31)21-11-5-2-6-12-21/h1-16,18H,17H2. The maximum absolute atomic E-state index is 13.6. The van der Waals surface area contributed by atoms with Crippen molar-refractivity contribution in [3.63, 3.8) is 0 Å². The minimum Gasteiger partial charge on any atom is -0.440 e. The minimum atomic E-state index is -4.02. The van der Waals surface area contributed by atoms with Crippen LogP contribution in [-0.4, -0.2) is 21.8 Å². The van der Waals surface area contributed by atoms with Gasteiger partial charge < -0.3 is 4.42 Å². The highest BCUT2D eigenvalue weighted by Gasteiger charge is 2.26. The lowest BCUT2D eigenvalue weighted by molar-refractivity contribution is 0.542. The van der Waals surface area contributed by atoms with Crippen molar-refractivity contribution < 1.29 is 21.3 Å². The average molecular weight is 490 g/mol. The molecule has 0 atom stereocenters. The lowest BCUT2D eigenvalue weighted by atomic mass is 10.1. The predicted octanol–water partition coefficient (Wildman–Crippen LogP) is 5.08. The molecule has 4 aromatic carbocycles. The first-order valence-corrected chi connectivity index (χ1v) is 13.4. The Morgan fingerprint density at radius 1 is 0.618 bits per heavy atom. The molecule has 170 valence electrons. The summed E-state index contributed by atoms with van der Waals surface area (Å²) in [6.07, 6.45) is 0.0851. The van der Waals surface area contributed by atoms with Crippen molar-refractivity contribution in [1.82, 2.24) is 4.98 Å². The molecule has 5 rings (SSSR count). The highest BCUT2D eigenvalue weighted by molar-refractivity contribution is 7.92. The molecule has 0 amide bonds. The Kier molecular flexibility index (Phi) is 5.55. The van der Waals surface area contributed by atoms with Crippen molar-refractivity contribution >= 4 is 30.8 Å². The minimum absolute atomic E-state index is 0.0723. The fraction of sp³-hybridized carbons (Fsp3) is 0.0385. The van der Waals surface area contributed by atoms with Gasteiger partial charge in [-0.25, -0.2) is 21.8 Å². The number of aromatic nitrogens is 1. The quantitative estimate of drug-likeness (QED) is 0.330. The normalized spacial score (nSPS) is 12.1. The van der Waals surface area contributed by atoms with E-state index in [2.05, 4.69) is 4.98 Å². The van der Waals surface area contributed by atoms with Crippen molar-refractivity contribution in [1.29, 1.82) is 0 Å². The van der Waals surface area contributed by atoms with Crippen LogP contribution in [0.15, 0.2) is 127 Å². The van der Waals surface area contributed by atoms with E-state index in [4.69, 9.17) is 4.42 Å². The third-order valence-electron chi connectivity index (χ3n) is 5.43. The van der Waals surface area contributed by atoms with Crippen LogP contribution in [0, 0.1) is 0 Å². The van der Waals surface area contributed by atoms with Crippen molar-refractivity contribution in [3.05, 3.63) is 115 Å². The van der Waals surface area contributed by atoms with Gasteiger partial charge in [-0.3, -0.25) is 0 Å². The Morgan fingerprint density at radius 2 is 1.21 bits per heavy atom. The molecule has 5 aromatic rings. The predicted molar refractivity (Wildman–Crippen MR) is 127 cm³/mol. The molecule has 0 fully saturated rings. The van der Waals surface area contributed by atoms with E-state index in [1.807, 2.05) is 12.1 Å². The van der Waals surface area contributed by atoms with Crippen LogP contribution in [-0.2, 0) is 26.1 Å². The van der Waals surface area contributed by atoms with Crippen LogP contribution in [0.4, 0.5) is 0 Å². The number of oxazole rings is 1. The molecule has 34 heavy (non-hydrogen) atoms. The van der Waals surface area contributed by atoms with Crippen LogP contribution in [0.3, 0.4) is 0 Å². The third kappa shape index (κ3) is 4.02. The molecule has 0 N–H and O–H groups in total. The van der Waals surface area contributed by atoms with Crippen LogP contribution in [0.1, 0.15) is 11.5 Å². The number of fused-ring (bicyclic) bond motifs is 1. The number of sulfone groups is 2. The fourth-order valence-corrected chi connectivity index (χ4v) is 6.64. The van der Waals surface area contributed by atoms with Gasteiger partial charge in [0.1, 0.15) is 5.52 Å². The van der Waals surface area contributed by atoms with Crippen molar-refractivity contribution in [2.45, 2.75) is 26.0 Å². The van der Waals surface area contributed by atoms with E-state index in [-0.39, 0.29) is 26.0 Å². The molecule has 0 saturated heterocycles. The monoisotopic (exact) mass is 489 g/mol. The van der Waals surface area contributed by atoms with E-state index >= 15 is 0 Å². The summed E-state index contributed by atoms with van der Waals surface area (Å²) in [7, 11) is -7.94. The molecular weight excluding hydrogens is 470 g/mol. The molecule has 0 unspecified atom stereocenters. The molecule has 0 aliphatic carbocycles. The lowest BCUT2D eigenvalue weighted by Gasteiger charge is -2.13. The summed E-state index contributed by atoms with van der Waals surface area (Å²) in [5.41, 5.74) is 1.64. The van der Waals surface area contributed by atoms with Gasteiger partial charge in [0.2, 0.25) is 19.7 Å². The van der Waals surface area contributed by atoms with Crippen LogP contribution in [0.5, 0.6) is 0 Å². The topological polar surface area (TPSA) is 94.3 Å². The zero-order valence-electron chi connectivity index (χ0n) is 17.8. The van der Waals surface area contributed by atoms with Gasteiger partial charge in [0.15, 0.2) is 11.5 Å². The van der Waals surface area contributed by atoms with Crippen LogP contribution in [0.2, 0.25) is 0 Å². The molecule has 0 aliphatic heterocycles. The Hall–Kier alpha value is -3.75. The number of benzene rings is 4. The van der Waals surface area contributed by atoms with Gasteiger partial charge in [-0.2, -0.15) is 0 Å². The lowest BCUT2D eigenvalue weighted by Crippen LogP contribution is -2.09. The number of hydrogen-bond acceptors (Lipinski definition) is 6. The summed E-state index contributed by atoms with van der Waals surface area (Å²) in [6, 6.07) is 27.3. The molecule has 0 aliphatic rings. The molecule has 0 radical (unpaired) electrons. The largest absolute Gasteiger partial charge is 0.440 e. The van der Waals surface area contributed by atoms with Gasteiger partial charge >= 0.3 is 0 Å². The smallest absolute Gasteiger partial charge is 0.206 e. The average Bonchev–Trinajstić information content (AvgIpc) is 3.27. The van der Waals surface area contributed by atoms with Crippen LogP contribution < -0.4 is 0 Å². The van der Waals surface area contributed by atoms with E-state index < -0.39 is 19.7 Å². The maximum Gasteiger partial charge on any atom is 0.206 e. The molecular formula is C26H19NO5S2. The Labute approximate surface area is 197 Å². The van der Waals surface area contributed by atoms with Gasteiger partial charge in [0, 0.05) is 0 Å². The van der Waals surface area contributed by atoms with Crippen molar-refractivity contribution in [2.24, 2.45) is 0 Å². The summed E-state index contributed by atoms with van der Waals surface area (Å²) in [6.45, 7) is 0. The van der Waals surface area contributed by atoms with Gasteiger partial charge in [-0.15, -0.1) is 0 Å². The zero-order valence-corrected chi connectivity index (χ0v) is 19.5. The van der Waals surface area contributed by atoms with Gasteiger partial charge in [-0.1, -0.05) is 54.6 Å². The summed E-state index contributed by atoms with van der Waals surface area (Å²) < 4.78 is 59.4. The second-order valence-corrected chi connectivity index (χ2v) is 11.5. The SMILES string of the molecule is O=S(=O)(c1ccccc1)c1ccc(Cc2nc3ccccc3o2)c(S(=O)(=O)c2ccccc2)c1. The number of para-hydroxylation sites is 2. The Morgan fingerprint density at radius 3 is 1.85 bits per heavy atom. The highest BCUT2D eigenvalue weighted by Crippen LogP contribution is 2.31. The fourth-order valence-electron chi connectivity index (χ4n) is 3.72.